The molecule has 1 aromatic rings. The van der Waals surface area contributed by atoms with E-state index in [2.05, 4.69) is 71.2 Å². The third-order valence-electron chi connectivity index (χ3n) is 1.78. The highest BCUT2D eigenvalue weighted by Gasteiger charge is 1.97. The molecule has 1 rings (SSSR count). The number of unbranched alkanes of at least 4 members (excludes halogenated alkanes) is 1. The van der Waals surface area contributed by atoms with E-state index >= 15 is 0 Å². The Balaban J connectivity index is 0. The molecule has 0 aromatic carbocycles. The largest absolute Gasteiger partial charge is 1.00 e. The Morgan fingerprint density at radius 2 is 2.00 bits per heavy atom. The van der Waals surface area contributed by atoms with Gasteiger partial charge in [0, 0.05) is 46.3 Å². The summed E-state index contributed by atoms with van der Waals surface area (Å²) in [6.07, 6.45) is 6.85. The minimum Gasteiger partial charge on any atom is -1.00 e. The van der Waals surface area contributed by atoms with E-state index in [0.717, 1.165) is 6.54 Å². The molecule has 0 saturated carbocycles. The summed E-state index contributed by atoms with van der Waals surface area (Å²) >= 11 is 5.50. The van der Waals surface area contributed by atoms with Crippen molar-refractivity contribution in [2.45, 2.75) is 33.2 Å². The van der Waals surface area contributed by atoms with Gasteiger partial charge in [0.05, 0.1) is 0 Å². The van der Waals surface area contributed by atoms with Crippen LogP contribution in [0.2, 0.25) is 0 Å². The molecule has 0 bridgehead atoms. The second-order valence-corrected chi connectivity index (χ2v) is 2.97. The highest BCUT2D eigenvalue weighted by Crippen LogP contribution is 1.91. The molecule has 0 N–H and O–H groups in total. The van der Waals surface area contributed by atoms with Crippen LogP contribution in [0.25, 0.3) is 0 Å². The summed E-state index contributed by atoms with van der Waals surface area (Å²) in [7, 11) is 0. The second kappa shape index (κ2) is 11.7. The molecule has 0 aliphatic carbocycles. The molecular formula is C10H16Br3N. The van der Waals surface area contributed by atoms with E-state index in [1.54, 1.807) is 0 Å². The fourth-order valence-electron chi connectivity index (χ4n) is 1.13. The Hall–Kier alpha value is 0.590. The number of aromatic nitrogens is 1. The molecular weight excluding hydrogens is 374 g/mol. The molecule has 0 fully saturated rings. The summed E-state index contributed by atoms with van der Waals surface area (Å²) in [5, 5.41) is 0. The van der Waals surface area contributed by atoms with Crippen LogP contribution in [0, 0.1) is 6.92 Å². The van der Waals surface area contributed by atoms with Crippen LogP contribution >= 0.6 is 28.3 Å². The van der Waals surface area contributed by atoms with Crippen LogP contribution in [0.5, 0.6) is 0 Å². The second-order valence-electron chi connectivity index (χ2n) is 2.97. The summed E-state index contributed by atoms with van der Waals surface area (Å²) in [5.74, 6) is 0. The lowest BCUT2D eigenvalue weighted by Gasteiger charge is -1.94. The van der Waals surface area contributed by atoms with Gasteiger partial charge in [-0.1, -0.05) is 13.3 Å². The summed E-state index contributed by atoms with van der Waals surface area (Å²) in [6.45, 7) is 5.50. The first-order valence-electron chi connectivity index (χ1n) is 4.43. The zero-order valence-electron chi connectivity index (χ0n) is 8.51. The molecule has 0 amide bonds. The van der Waals surface area contributed by atoms with Crippen LogP contribution in [-0.4, -0.2) is 0 Å². The van der Waals surface area contributed by atoms with Gasteiger partial charge in [-0.25, -0.2) is 4.57 Å². The van der Waals surface area contributed by atoms with Gasteiger partial charge in [-0.2, -0.15) is 0 Å². The number of aryl methyl sites for hydroxylation is 2. The lowest BCUT2D eigenvalue weighted by atomic mass is 10.3. The first-order valence-corrected chi connectivity index (χ1v) is 8.14. The predicted molar refractivity (Wildman–Crippen MR) is 64.1 cm³/mol. The fraction of sp³-hybridized carbons (Fsp3) is 0.500. The highest BCUT2D eigenvalue weighted by atomic mass is 80.9. The molecule has 0 aliphatic heterocycles. The lowest BCUT2D eigenvalue weighted by molar-refractivity contribution is -0.697. The van der Waals surface area contributed by atoms with E-state index in [0.29, 0.717) is 0 Å². The van der Waals surface area contributed by atoms with E-state index in [4.69, 9.17) is 0 Å². The van der Waals surface area contributed by atoms with Crippen molar-refractivity contribution < 1.29 is 21.5 Å². The van der Waals surface area contributed by atoms with Gasteiger partial charge in [0.15, 0.2) is 12.4 Å². The topological polar surface area (TPSA) is 3.88 Å². The smallest absolute Gasteiger partial charge is 0.171 e. The zero-order chi connectivity index (χ0) is 10.1. The minimum absolute atomic E-state index is 0. The molecule has 1 nitrogen and oxygen atoms in total. The van der Waals surface area contributed by atoms with E-state index in [9.17, 15) is 0 Å². The molecule has 1 aromatic heterocycles. The van der Waals surface area contributed by atoms with Crippen molar-refractivity contribution in [2.24, 2.45) is 0 Å². The average molecular weight is 390 g/mol. The van der Waals surface area contributed by atoms with Crippen LogP contribution < -0.4 is 21.5 Å². The van der Waals surface area contributed by atoms with Crippen molar-refractivity contribution in [2.75, 3.05) is 0 Å². The van der Waals surface area contributed by atoms with Crippen molar-refractivity contribution in [1.82, 2.24) is 0 Å². The van der Waals surface area contributed by atoms with Gasteiger partial charge in [-0.05, 0) is 13.0 Å². The average Bonchev–Trinajstić information content (AvgIpc) is 2.18. The Labute approximate surface area is 113 Å². The summed E-state index contributed by atoms with van der Waals surface area (Å²) in [6, 6.07) is 4.23. The normalized spacial score (nSPS) is 8.29. The maximum absolute atomic E-state index is 2.75. The lowest BCUT2D eigenvalue weighted by Crippen LogP contribution is -3.00. The fourth-order valence-corrected chi connectivity index (χ4v) is 1.13. The van der Waals surface area contributed by atoms with Crippen molar-refractivity contribution in [3.05, 3.63) is 30.1 Å². The van der Waals surface area contributed by atoms with Crippen LogP contribution in [0.1, 0.15) is 25.3 Å². The Bertz CT molecular complexity index is 228. The van der Waals surface area contributed by atoms with E-state index < -0.39 is 0 Å². The molecule has 14 heavy (non-hydrogen) atoms. The minimum atomic E-state index is 0. The van der Waals surface area contributed by atoms with Crippen molar-refractivity contribution in [3.8, 4) is 0 Å². The highest BCUT2D eigenvalue weighted by molar-refractivity contribution is 9.93. The monoisotopic (exact) mass is 387 g/mol. The van der Waals surface area contributed by atoms with Crippen LogP contribution in [0.4, 0.5) is 0 Å². The Morgan fingerprint density at radius 1 is 1.36 bits per heavy atom. The van der Waals surface area contributed by atoms with Gasteiger partial charge in [0.2, 0.25) is 0 Å². The SMILES string of the molecule is BrBr.CCCC[n+]1cccc(C)c1.[Br-]. The first kappa shape index (κ1) is 17.0. The van der Waals surface area contributed by atoms with Gasteiger partial charge >= 0.3 is 0 Å². The van der Waals surface area contributed by atoms with Gasteiger partial charge in [-0.3, -0.25) is 0 Å². The summed E-state index contributed by atoms with van der Waals surface area (Å²) < 4.78 is 2.25. The number of hydrogen-bond donors (Lipinski definition) is 0. The predicted octanol–water partition coefficient (Wildman–Crippen LogP) is 0.778. The molecule has 0 unspecified atom stereocenters. The zero-order valence-corrected chi connectivity index (χ0v) is 13.3. The molecule has 0 radical (unpaired) electrons. The van der Waals surface area contributed by atoms with E-state index in [1.807, 2.05) is 0 Å². The third-order valence-corrected chi connectivity index (χ3v) is 1.78. The van der Waals surface area contributed by atoms with Crippen molar-refractivity contribution >= 4 is 28.3 Å². The molecule has 1 heterocycles. The van der Waals surface area contributed by atoms with E-state index in [-0.39, 0.29) is 17.0 Å². The molecule has 0 saturated heterocycles. The van der Waals surface area contributed by atoms with Crippen molar-refractivity contribution in [3.63, 3.8) is 0 Å². The molecule has 0 atom stereocenters. The number of hydrogen-bond acceptors (Lipinski definition) is 0. The maximum atomic E-state index is 2.75. The third kappa shape index (κ3) is 7.94. The van der Waals surface area contributed by atoms with Gasteiger partial charge in [-0.15, -0.1) is 0 Å². The van der Waals surface area contributed by atoms with Crippen LogP contribution in [0.15, 0.2) is 24.5 Å². The quantitative estimate of drug-likeness (QED) is 0.673. The Morgan fingerprint density at radius 3 is 2.50 bits per heavy atom. The Kier molecular flexibility index (Phi) is 14.2. The molecule has 0 aliphatic rings. The summed E-state index contributed by atoms with van der Waals surface area (Å²) in [5.41, 5.74) is 1.34. The number of halogens is 3. The summed E-state index contributed by atoms with van der Waals surface area (Å²) in [4.78, 5) is 0. The van der Waals surface area contributed by atoms with Gasteiger partial charge in [0.1, 0.15) is 6.54 Å². The van der Waals surface area contributed by atoms with Gasteiger partial charge in [0.25, 0.3) is 0 Å². The van der Waals surface area contributed by atoms with Gasteiger partial charge < -0.3 is 17.0 Å². The van der Waals surface area contributed by atoms with E-state index in [1.165, 1.54) is 18.4 Å². The van der Waals surface area contributed by atoms with Crippen molar-refractivity contribution in [1.29, 1.82) is 0 Å². The number of pyridine rings is 1. The van der Waals surface area contributed by atoms with Crippen LogP contribution in [0.3, 0.4) is 0 Å². The number of rotatable bonds is 3. The maximum Gasteiger partial charge on any atom is 0.171 e. The molecule has 4 heteroatoms. The number of nitrogens with zero attached hydrogens (tertiary/aromatic N) is 1. The standard InChI is InChI=1S/C10H16N.Br2.BrH/c1-3-4-7-11-8-5-6-10(2)9-11;1-2;/h5-6,8-9H,3-4,7H2,1-2H3;;1H/q+1;;/p-1. The molecule has 82 valence electrons. The van der Waals surface area contributed by atoms with Crippen LogP contribution in [-0.2, 0) is 6.54 Å². The first-order chi connectivity index (χ1) is 6.33. The molecule has 0 spiro atoms.